The minimum absolute atomic E-state index is 0.417. The number of nitrogens with one attached hydrogen (secondary N) is 1. The quantitative estimate of drug-likeness (QED) is 0.466. The Bertz CT molecular complexity index is 348. The molecule has 0 unspecified atom stereocenters. The summed E-state index contributed by atoms with van der Waals surface area (Å²) in [4.78, 5) is 21.5. The Kier molecular flexibility index (Phi) is 3.48. The van der Waals surface area contributed by atoms with Crippen LogP contribution in [0.15, 0.2) is 24.3 Å². The maximum atomic E-state index is 11.0. The van der Waals surface area contributed by atoms with E-state index in [1.54, 1.807) is 12.1 Å². The number of esters is 1. The van der Waals surface area contributed by atoms with Crippen molar-refractivity contribution < 1.29 is 14.3 Å². The molecule has 14 heavy (non-hydrogen) atoms. The number of amides is 1. The normalized spacial score (nSPS) is 9.29. The van der Waals surface area contributed by atoms with Crippen LogP contribution in [-0.2, 0) is 4.74 Å². The van der Waals surface area contributed by atoms with Crippen molar-refractivity contribution in [2.45, 2.75) is 0 Å². The summed E-state index contributed by atoms with van der Waals surface area (Å²) >= 11 is 5.10. The van der Waals surface area contributed by atoms with Gasteiger partial charge < -0.3 is 10.1 Å². The van der Waals surface area contributed by atoms with Crippen LogP contribution in [0.25, 0.3) is 0 Å². The highest BCUT2D eigenvalue weighted by Crippen LogP contribution is 2.10. The molecule has 0 aliphatic heterocycles. The lowest BCUT2D eigenvalue weighted by molar-refractivity contribution is 0.0601. The molecule has 4 nitrogen and oxygen atoms in total. The highest BCUT2D eigenvalue weighted by atomic mass is 35.5. The topological polar surface area (TPSA) is 55.4 Å². The van der Waals surface area contributed by atoms with Crippen molar-refractivity contribution >= 4 is 28.6 Å². The van der Waals surface area contributed by atoms with Crippen LogP contribution in [-0.4, -0.2) is 18.4 Å². The van der Waals surface area contributed by atoms with Crippen LogP contribution in [0.4, 0.5) is 10.5 Å². The summed E-state index contributed by atoms with van der Waals surface area (Å²) in [6.07, 6.45) is 0. The lowest BCUT2D eigenvalue weighted by Crippen LogP contribution is -2.03. The molecule has 5 heteroatoms. The predicted octanol–water partition coefficient (Wildman–Crippen LogP) is 2.24. The Morgan fingerprint density at radius 1 is 1.29 bits per heavy atom. The molecule has 0 saturated carbocycles. The van der Waals surface area contributed by atoms with Crippen LogP contribution in [0.3, 0.4) is 0 Å². The first-order chi connectivity index (χ1) is 6.63. The molecule has 0 aliphatic carbocycles. The number of methoxy groups -OCH3 is 1. The average molecular weight is 214 g/mol. The second kappa shape index (κ2) is 4.62. The van der Waals surface area contributed by atoms with Gasteiger partial charge in [-0.25, -0.2) is 4.79 Å². The zero-order chi connectivity index (χ0) is 10.6. The molecular formula is C9H8ClNO3. The molecule has 0 aliphatic rings. The van der Waals surface area contributed by atoms with E-state index >= 15 is 0 Å². The van der Waals surface area contributed by atoms with Gasteiger partial charge in [-0.2, -0.15) is 0 Å². The first kappa shape index (κ1) is 10.5. The third-order valence-electron chi connectivity index (χ3n) is 1.55. The highest BCUT2D eigenvalue weighted by molar-refractivity contribution is 6.65. The summed E-state index contributed by atoms with van der Waals surface area (Å²) in [6, 6.07) is 6.20. The maximum Gasteiger partial charge on any atom is 0.337 e. The second-order valence-electron chi connectivity index (χ2n) is 2.47. The van der Waals surface area contributed by atoms with Crippen LogP contribution >= 0.6 is 11.6 Å². The zero-order valence-electron chi connectivity index (χ0n) is 7.41. The minimum atomic E-state index is -0.671. The van der Waals surface area contributed by atoms with Crippen molar-refractivity contribution in [2.24, 2.45) is 0 Å². The van der Waals surface area contributed by atoms with E-state index in [2.05, 4.69) is 10.1 Å². The molecule has 0 fully saturated rings. The Morgan fingerprint density at radius 3 is 2.29 bits per heavy atom. The van der Waals surface area contributed by atoms with Gasteiger partial charge in [0.05, 0.1) is 12.7 Å². The van der Waals surface area contributed by atoms with Crippen molar-refractivity contribution in [1.29, 1.82) is 0 Å². The number of rotatable bonds is 2. The summed E-state index contributed by atoms with van der Waals surface area (Å²) in [6.45, 7) is 0. The predicted molar refractivity (Wildman–Crippen MR) is 52.7 cm³/mol. The molecule has 1 aromatic carbocycles. The molecule has 0 saturated heterocycles. The van der Waals surface area contributed by atoms with Gasteiger partial charge in [-0.15, -0.1) is 0 Å². The fourth-order valence-corrected chi connectivity index (χ4v) is 1.03. The molecule has 1 aromatic rings. The number of halogens is 1. The van der Waals surface area contributed by atoms with E-state index in [1.165, 1.54) is 19.2 Å². The van der Waals surface area contributed by atoms with Gasteiger partial charge in [0, 0.05) is 5.69 Å². The van der Waals surface area contributed by atoms with Gasteiger partial charge >= 0.3 is 11.3 Å². The van der Waals surface area contributed by atoms with Gasteiger partial charge in [0.2, 0.25) is 0 Å². The number of benzene rings is 1. The van der Waals surface area contributed by atoms with Gasteiger partial charge in [0.25, 0.3) is 0 Å². The van der Waals surface area contributed by atoms with Crippen molar-refractivity contribution in [2.75, 3.05) is 12.4 Å². The Labute approximate surface area is 85.8 Å². The molecule has 0 atom stereocenters. The van der Waals surface area contributed by atoms with Gasteiger partial charge in [0.1, 0.15) is 0 Å². The van der Waals surface area contributed by atoms with E-state index in [4.69, 9.17) is 11.6 Å². The smallest absolute Gasteiger partial charge is 0.337 e. The zero-order valence-corrected chi connectivity index (χ0v) is 8.17. The van der Waals surface area contributed by atoms with Crippen molar-refractivity contribution in [3.8, 4) is 0 Å². The molecule has 74 valence electrons. The fourth-order valence-electron chi connectivity index (χ4n) is 0.921. The lowest BCUT2D eigenvalue weighted by Gasteiger charge is -2.01. The molecule has 0 heterocycles. The summed E-state index contributed by atoms with van der Waals surface area (Å²) in [5.74, 6) is -0.422. The molecule has 0 spiro atoms. The molecule has 1 N–H and O–H groups in total. The third-order valence-corrected chi connectivity index (χ3v) is 1.64. The van der Waals surface area contributed by atoms with Crippen molar-refractivity contribution in [3.63, 3.8) is 0 Å². The number of hydrogen-bond donors (Lipinski definition) is 1. The number of hydrogen-bond acceptors (Lipinski definition) is 3. The summed E-state index contributed by atoms with van der Waals surface area (Å²) in [5.41, 5.74) is 0.942. The first-order valence-corrected chi connectivity index (χ1v) is 4.16. The summed E-state index contributed by atoms with van der Waals surface area (Å²) in [7, 11) is 1.30. The lowest BCUT2D eigenvalue weighted by atomic mass is 10.2. The number of anilines is 1. The Morgan fingerprint density at radius 2 is 1.86 bits per heavy atom. The minimum Gasteiger partial charge on any atom is -0.465 e. The molecule has 0 bridgehead atoms. The summed E-state index contributed by atoms with van der Waals surface area (Å²) < 4.78 is 4.50. The standard InChI is InChI=1S/C9H8ClNO3/c1-14-8(12)6-2-4-7(5-3-6)11-9(10)13/h2-5H,1H3,(H,11,13). The number of ether oxygens (including phenoxy) is 1. The van der Waals surface area contributed by atoms with Gasteiger partial charge in [0.15, 0.2) is 0 Å². The van der Waals surface area contributed by atoms with Crippen LogP contribution in [0, 0.1) is 0 Å². The SMILES string of the molecule is COC(=O)c1ccc(NC(=O)Cl)cc1. The monoisotopic (exact) mass is 213 g/mol. The van der Waals surface area contributed by atoms with E-state index in [0.717, 1.165) is 0 Å². The fraction of sp³-hybridized carbons (Fsp3) is 0.111. The van der Waals surface area contributed by atoms with Crippen LogP contribution in [0.5, 0.6) is 0 Å². The first-order valence-electron chi connectivity index (χ1n) is 3.78. The van der Waals surface area contributed by atoms with Crippen molar-refractivity contribution in [1.82, 2.24) is 0 Å². The van der Waals surface area contributed by atoms with Gasteiger partial charge in [-0.05, 0) is 35.9 Å². The van der Waals surface area contributed by atoms with Crippen LogP contribution in [0.1, 0.15) is 10.4 Å². The van der Waals surface area contributed by atoms with E-state index < -0.39 is 11.3 Å². The van der Waals surface area contributed by atoms with E-state index in [9.17, 15) is 9.59 Å². The van der Waals surface area contributed by atoms with E-state index in [1.807, 2.05) is 0 Å². The maximum absolute atomic E-state index is 11.0. The molecule has 1 rings (SSSR count). The van der Waals surface area contributed by atoms with Gasteiger partial charge in [-0.3, -0.25) is 4.79 Å². The molecule has 1 amide bonds. The van der Waals surface area contributed by atoms with E-state index in [0.29, 0.717) is 11.3 Å². The highest BCUT2D eigenvalue weighted by Gasteiger charge is 2.04. The van der Waals surface area contributed by atoms with Crippen LogP contribution < -0.4 is 5.32 Å². The third kappa shape index (κ3) is 2.74. The van der Waals surface area contributed by atoms with Crippen LogP contribution in [0.2, 0.25) is 0 Å². The Balaban J connectivity index is 2.78. The Hall–Kier alpha value is -1.55. The van der Waals surface area contributed by atoms with E-state index in [-0.39, 0.29) is 0 Å². The molecule has 0 radical (unpaired) electrons. The number of carbonyl (C=O) groups is 2. The molecular weight excluding hydrogens is 206 g/mol. The van der Waals surface area contributed by atoms with Crippen molar-refractivity contribution in [3.05, 3.63) is 29.8 Å². The molecule has 0 aromatic heterocycles. The largest absolute Gasteiger partial charge is 0.465 e. The van der Waals surface area contributed by atoms with Gasteiger partial charge in [-0.1, -0.05) is 0 Å². The number of carbonyl (C=O) groups excluding carboxylic acids is 2. The second-order valence-corrected chi connectivity index (χ2v) is 2.81. The average Bonchev–Trinajstić information content (AvgIpc) is 2.17. The summed E-state index contributed by atoms with van der Waals surface area (Å²) in [5, 5.41) is 1.69.